The smallest absolute Gasteiger partial charge is 0.242 e. The van der Waals surface area contributed by atoms with Crippen LogP contribution in [0.5, 0.6) is 0 Å². The molecule has 1 atom stereocenters. The molecule has 1 unspecified atom stereocenters. The van der Waals surface area contributed by atoms with Crippen LogP contribution in [0, 0.1) is 0 Å². The van der Waals surface area contributed by atoms with E-state index in [-0.39, 0.29) is 10.9 Å². The second-order valence-electron chi connectivity index (χ2n) is 4.19. The van der Waals surface area contributed by atoms with Gasteiger partial charge in [0, 0.05) is 19.1 Å². The van der Waals surface area contributed by atoms with Crippen molar-refractivity contribution in [3.05, 3.63) is 24.3 Å². The molecule has 0 aliphatic carbocycles. The Kier molecular flexibility index (Phi) is 5.58. The number of nitrogens with one attached hydrogen (secondary N) is 2. The first-order chi connectivity index (χ1) is 8.47. The topological polar surface area (TPSA) is 84.2 Å². The van der Waals surface area contributed by atoms with Gasteiger partial charge in [-0.05, 0) is 25.5 Å². The lowest BCUT2D eigenvalue weighted by molar-refractivity contribution is 0.584. The SMILES string of the molecule is CCNS(=O)(=O)c1ccccc1NCCC(C)N. The Balaban J connectivity index is 2.86. The molecule has 0 aliphatic rings. The van der Waals surface area contributed by atoms with Gasteiger partial charge in [-0.25, -0.2) is 13.1 Å². The van der Waals surface area contributed by atoms with E-state index in [1.165, 1.54) is 0 Å². The summed E-state index contributed by atoms with van der Waals surface area (Å²) in [6, 6.07) is 6.95. The number of sulfonamides is 1. The molecule has 0 heterocycles. The number of rotatable bonds is 7. The first kappa shape index (κ1) is 14.9. The molecule has 6 heteroatoms. The van der Waals surface area contributed by atoms with Gasteiger partial charge >= 0.3 is 0 Å². The second kappa shape index (κ2) is 6.72. The molecule has 0 bridgehead atoms. The minimum atomic E-state index is -3.44. The summed E-state index contributed by atoms with van der Waals surface area (Å²) >= 11 is 0. The minimum absolute atomic E-state index is 0.0926. The van der Waals surface area contributed by atoms with E-state index in [2.05, 4.69) is 10.0 Å². The normalized spacial score (nSPS) is 13.3. The van der Waals surface area contributed by atoms with Crippen molar-refractivity contribution in [2.45, 2.75) is 31.2 Å². The van der Waals surface area contributed by atoms with Crippen LogP contribution in [0.4, 0.5) is 5.69 Å². The molecule has 0 radical (unpaired) electrons. The number of nitrogens with two attached hydrogens (primary N) is 1. The highest BCUT2D eigenvalue weighted by Gasteiger charge is 2.16. The average Bonchev–Trinajstić information content (AvgIpc) is 2.29. The van der Waals surface area contributed by atoms with Gasteiger partial charge in [-0.3, -0.25) is 0 Å². The highest BCUT2D eigenvalue weighted by atomic mass is 32.2. The third-order valence-corrected chi connectivity index (χ3v) is 4.03. The molecular formula is C12H21N3O2S. The van der Waals surface area contributed by atoms with E-state index in [0.717, 1.165) is 6.42 Å². The van der Waals surface area contributed by atoms with Gasteiger partial charge in [0.05, 0.1) is 5.69 Å². The van der Waals surface area contributed by atoms with Crippen LogP contribution >= 0.6 is 0 Å². The highest BCUT2D eigenvalue weighted by molar-refractivity contribution is 7.89. The third-order valence-electron chi connectivity index (χ3n) is 2.43. The zero-order chi connectivity index (χ0) is 13.6. The molecule has 0 aliphatic heterocycles. The standard InChI is InChI=1S/C12H21N3O2S/c1-3-15-18(16,17)12-7-5-4-6-11(12)14-9-8-10(2)13/h4-7,10,14-15H,3,8-9,13H2,1-2H3. The maximum atomic E-state index is 12.0. The van der Waals surface area contributed by atoms with Crippen molar-refractivity contribution in [1.29, 1.82) is 0 Å². The third kappa shape index (κ3) is 4.29. The van der Waals surface area contributed by atoms with E-state index in [1.54, 1.807) is 31.2 Å². The predicted octanol–water partition coefficient (Wildman–Crippen LogP) is 1.13. The molecule has 1 rings (SSSR count). The number of hydrogen-bond donors (Lipinski definition) is 3. The predicted molar refractivity (Wildman–Crippen MR) is 74.1 cm³/mol. The zero-order valence-electron chi connectivity index (χ0n) is 10.8. The van der Waals surface area contributed by atoms with Crippen LogP contribution in [0.2, 0.25) is 0 Å². The largest absolute Gasteiger partial charge is 0.384 e. The summed E-state index contributed by atoms with van der Waals surface area (Å²) in [4.78, 5) is 0.275. The van der Waals surface area contributed by atoms with Crippen LogP contribution in [0.25, 0.3) is 0 Å². The van der Waals surface area contributed by atoms with Crippen molar-refractivity contribution < 1.29 is 8.42 Å². The monoisotopic (exact) mass is 271 g/mol. The van der Waals surface area contributed by atoms with Crippen molar-refractivity contribution in [3.63, 3.8) is 0 Å². The summed E-state index contributed by atoms with van der Waals surface area (Å²) in [5.41, 5.74) is 6.27. The van der Waals surface area contributed by atoms with Gasteiger partial charge in [0.2, 0.25) is 10.0 Å². The van der Waals surface area contributed by atoms with E-state index in [4.69, 9.17) is 5.73 Å². The van der Waals surface area contributed by atoms with Crippen LogP contribution < -0.4 is 15.8 Å². The molecule has 0 amide bonds. The number of anilines is 1. The van der Waals surface area contributed by atoms with Crippen molar-refractivity contribution in [1.82, 2.24) is 4.72 Å². The Morgan fingerprint density at radius 3 is 2.61 bits per heavy atom. The van der Waals surface area contributed by atoms with Crippen LogP contribution in [-0.4, -0.2) is 27.5 Å². The van der Waals surface area contributed by atoms with E-state index in [0.29, 0.717) is 18.8 Å². The summed E-state index contributed by atoms with van der Waals surface area (Å²) < 4.78 is 26.4. The Hall–Kier alpha value is -1.11. The second-order valence-corrected chi connectivity index (χ2v) is 5.93. The van der Waals surface area contributed by atoms with E-state index in [1.807, 2.05) is 6.92 Å². The first-order valence-electron chi connectivity index (χ1n) is 6.05. The van der Waals surface area contributed by atoms with Gasteiger partial charge in [-0.15, -0.1) is 0 Å². The van der Waals surface area contributed by atoms with E-state index >= 15 is 0 Å². The Morgan fingerprint density at radius 1 is 1.33 bits per heavy atom. The molecule has 0 saturated heterocycles. The lowest BCUT2D eigenvalue weighted by atomic mass is 10.2. The Morgan fingerprint density at radius 2 is 2.00 bits per heavy atom. The fourth-order valence-electron chi connectivity index (χ4n) is 1.55. The summed E-state index contributed by atoms with van der Waals surface area (Å²) in [6.45, 7) is 4.69. The molecule has 0 spiro atoms. The summed E-state index contributed by atoms with van der Waals surface area (Å²) in [5, 5.41) is 3.11. The number of benzene rings is 1. The molecule has 102 valence electrons. The molecule has 0 saturated carbocycles. The summed E-state index contributed by atoms with van der Waals surface area (Å²) in [7, 11) is -3.44. The molecule has 5 nitrogen and oxygen atoms in total. The maximum absolute atomic E-state index is 12.0. The van der Waals surface area contributed by atoms with Crippen LogP contribution in [0.1, 0.15) is 20.3 Å². The fourth-order valence-corrected chi connectivity index (χ4v) is 2.77. The number of hydrogen-bond acceptors (Lipinski definition) is 4. The fraction of sp³-hybridized carbons (Fsp3) is 0.500. The van der Waals surface area contributed by atoms with Crippen LogP contribution in [0.15, 0.2) is 29.2 Å². The summed E-state index contributed by atoms with van der Waals surface area (Å²) in [5.74, 6) is 0. The molecule has 0 aromatic heterocycles. The molecule has 1 aromatic carbocycles. The van der Waals surface area contributed by atoms with Gasteiger partial charge in [0.15, 0.2) is 0 Å². The van der Waals surface area contributed by atoms with Crippen LogP contribution in [-0.2, 0) is 10.0 Å². The first-order valence-corrected chi connectivity index (χ1v) is 7.54. The Bertz CT molecular complexity index is 472. The maximum Gasteiger partial charge on any atom is 0.242 e. The van der Waals surface area contributed by atoms with Gasteiger partial charge in [-0.2, -0.15) is 0 Å². The van der Waals surface area contributed by atoms with Gasteiger partial charge in [0.1, 0.15) is 4.90 Å². The lowest BCUT2D eigenvalue weighted by Crippen LogP contribution is -2.25. The van der Waals surface area contributed by atoms with Gasteiger partial charge in [-0.1, -0.05) is 19.1 Å². The Labute approximate surface area is 109 Å². The zero-order valence-corrected chi connectivity index (χ0v) is 11.6. The molecule has 4 N–H and O–H groups in total. The minimum Gasteiger partial charge on any atom is -0.384 e. The molecule has 1 aromatic rings. The van der Waals surface area contributed by atoms with E-state index in [9.17, 15) is 8.42 Å². The van der Waals surface area contributed by atoms with Crippen molar-refractivity contribution in [2.75, 3.05) is 18.4 Å². The van der Waals surface area contributed by atoms with Gasteiger partial charge < -0.3 is 11.1 Å². The van der Waals surface area contributed by atoms with Crippen molar-refractivity contribution in [2.24, 2.45) is 5.73 Å². The summed E-state index contributed by atoms with van der Waals surface area (Å²) in [6.07, 6.45) is 0.787. The highest BCUT2D eigenvalue weighted by Crippen LogP contribution is 2.20. The molecular weight excluding hydrogens is 250 g/mol. The quantitative estimate of drug-likeness (QED) is 0.694. The van der Waals surface area contributed by atoms with Crippen molar-refractivity contribution in [3.8, 4) is 0 Å². The van der Waals surface area contributed by atoms with Crippen molar-refractivity contribution >= 4 is 15.7 Å². The number of para-hydroxylation sites is 1. The van der Waals surface area contributed by atoms with Crippen LogP contribution in [0.3, 0.4) is 0 Å². The van der Waals surface area contributed by atoms with Gasteiger partial charge in [0.25, 0.3) is 0 Å². The van der Waals surface area contributed by atoms with E-state index < -0.39 is 10.0 Å². The molecule has 0 fully saturated rings. The lowest BCUT2D eigenvalue weighted by Gasteiger charge is -2.13. The molecule has 18 heavy (non-hydrogen) atoms. The average molecular weight is 271 g/mol.